The number of sulfone groups is 1. The summed E-state index contributed by atoms with van der Waals surface area (Å²) in [4.78, 5) is 31.5. The van der Waals surface area contributed by atoms with E-state index < -0.39 is 44.7 Å². The first-order valence-electron chi connectivity index (χ1n) is 9.80. The molecule has 1 aromatic carbocycles. The van der Waals surface area contributed by atoms with Crippen LogP contribution in [0.4, 0.5) is 18.9 Å². The molecule has 0 spiro atoms. The maximum Gasteiger partial charge on any atom is 0.416 e. The van der Waals surface area contributed by atoms with Crippen LogP contribution in [-0.4, -0.2) is 47.2 Å². The first-order chi connectivity index (χ1) is 15.5. The number of nitrogens with zero attached hydrogens (tertiary/aromatic N) is 2. The largest absolute Gasteiger partial charge is 0.416 e. The molecule has 33 heavy (non-hydrogen) atoms. The lowest BCUT2D eigenvalue weighted by Gasteiger charge is -2.30. The molecule has 1 aromatic heterocycles. The van der Waals surface area contributed by atoms with Crippen molar-refractivity contribution in [2.24, 2.45) is 0 Å². The maximum atomic E-state index is 13.2. The molecule has 2 atom stereocenters. The molecule has 2 aliphatic rings. The summed E-state index contributed by atoms with van der Waals surface area (Å²) in [6.45, 7) is 0.121. The molecule has 12 heteroatoms. The molecule has 1 N–H and O–H groups in total. The van der Waals surface area contributed by atoms with E-state index in [1.54, 1.807) is 24.5 Å². The Morgan fingerprint density at radius 2 is 1.94 bits per heavy atom. The summed E-state index contributed by atoms with van der Waals surface area (Å²) in [5, 5.41) is 2.65. The fourth-order valence-electron chi connectivity index (χ4n) is 3.57. The number of hydrogen-bond donors (Lipinski definition) is 1. The standard InChI is InChI=1S/C21H18F3N3O4S2/c22-21(23,24)14-1-2-17-16(9-14)26-20(29)18(32-17)10-19(28)27(11-13-3-6-25-7-4-13)15-5-8-33(30,31)12-15/h1-9,15,18H,10-12H2,(H,26,29). The number of carbonyl (C=O) groups excluding carboxylic acids is 2. The second-order valence-corrected chi connectivity index (χ2v) is 10.8. The maximum absolute atomic E-state index is 13.2. The molecule has 3 heterocycles. The van der Waals surface area contributed by atoms with Crippen molar-refractivity contribution >= 4 is 39.1 Å². The van der Waals surface area contributed by atoms with Gasteiger partial charge in [0.15, 0.2) is 9.84 Å². The molecule has 174 valence electrons. The van der Waals surface area contributed by atoms with E-state index in [4.69, 9.17) is 0 Å². The molecule has 0 fully saturated rings. The van der Waals surface area contributed by atoms with Crippen LogP contribution in [0, 0.1) is 0 Å². The van der Waals surface area contributed by atoms with E-state index in [0.29, 0.717) is 4.90 Å². The van der Waals surface area contributed by atoms with Crippen LogP contribution >= 0.6 is 11.8 Å². The van der Waals surface area contributed by atoms with Gasteiger partial charge in [0.25, 0.3) is 0 Å². The molecule has 2 aliphatic heterocycles. The summed E-state index contributed by atoms with van der Waals surface area (Å²) in [7, 11) is -3.43. The SMILES string of the molecule is O=C1Nc2cc(C(F)(F)F)ccc2SC1CC(=O)N(Cc1ccncc1)C1C=CS(=O)(=O)C1. The number of nitrogens with one attached hydrogen (secondary N) is 1. The van der Waals surface area contributed by atoms with E-state index in [-0.39, 0.29) is 24.4 Å². The number of benzene rings is 1. The molecule has 4 rings (SSSR count). The predicted octanol–water partition coefficient (Wildman–Crippen LogP) is 3.24. The number of thioether (sulfide) groups is 1. The third-order valence-corrected chi connectivity index (χ3v) is 7.87. The lowest BCUT2D eigenvalue weighted by Crippen LogP contribution is -2.43. The van der Waals surface area contributed by atoms with Gasteiger partial charge in [-0.3, -0.25) is 14.6 Å². The minimum absolute atomic E-state index is 0.0435. The average Bonchev–Trinajstić information content (AvgIpc) is 3.11. The quantitative estimate of drug-likeness (QED) is 0.682. The summed E-state index contributed by atoms with van der Waals surface area (Å²) in [5.74, 6) is -1.28. The van der Waals surface area contributed by atoms with Crippen molar-refractivity contribution in [1.29, 1.82) is 0 Å². The van der Waals surface area contributed by atoms with Gasteiger partial charge in [0.2, 0.25) is 11.8 Å². The number of rotatable bonds is 5. The number of carbonyl (C=O) groups is 2. The van der Waals surface area contributed by atoms with E-state index in [1.807, 2.05) is 0 Å². The number of aromatic nitrogens is 1. The van der Waals surface area contributed by atoms with Crippen LogP contribution in [0.3, 0.4) is 0 Å². The first-order valence-corrected chi connectivity index (χ1v) is 12.4. The number of amides is 2. The van der Waals surface area contributed by atoms with Crippen molar-refractivity contribution in [1.82, 2.24) is 9.88 Å². The van der Waals surface area contributed by atoms with Crippen molar-refractivity contribution in [2.45, 2.75) is 35.3 Å². The average molecular weight is 498 g/mol. The van der Waals surface area contributed by atoms with Crippen molar-refractivity contribution in [3.8, 4) is 0 Å². The Morgan fingerprint density at radius 3 is 2.58 bits per heavy atom. The van der Waals surface area contributed by atoms with Gasteiger partial charge in [-0.1, -0.05) is 0 Å². The molecular weight excluding hydrogens is 479 g/mol. The number of fused-ring (bicyclic) bond motifs is 1. The number of halogens is 3. The molecular formula is C21H18F3N3O4S2. The summed E-state index contributed by atoms with van der Waals surface area (Å²) in [5.41, 5.74) is -0.0989. The predicted molar refractivity (Wildman–Crippen MR) is 116 cm³/mol. The van der Waals surface area contributed by atoms with Crippen molar-refractivity contribution in [2.75, 3.05) is 11.1 Å². The summed E-state index contributed by atoms with van der Waals surface area (Å²) in [6.07, 6.45) is -0.242. The Kier molecular flexibility index (Phi) is 6.23. The fraction of sp³-hybridized carbons (Fsp3) is 0.286. The highest BCUT2D eigenvalue weighted by atomic mass is 32.2. The zero-order chi connectivity index (χ0) is 23.8. The van der Waals surface area contributed by atoms with Gasteiger partial charge in [-0.15, -0.1) is 11.8 Å². The van der Waals surface area contributed by atoms with Crippen LogP contribution < -0.4 is 5.32 Å². The van der Waals surface area contributed by atoms with Crippen LogP contribution in [0.2, 0.25) is 0 Å². The van der Waals surface area contributed by atoms with Crippen LogP contribution in [0.5, 0.6) is 0 Å². The molecule has 0 aliphatic carbocycles. The fourth-order valence-corrected chi connectivity index (χ4v) is 5.95. The van der Waals surface area contributed by atoms with Gasteiger partial charge >= 0.3 is 6.18 Å². The van der Waals surface area contributed by atoms with E-state index in [1.165, 1.54) is 17.0 Å². The Hall–Kier alpha value is -2.86. The Morgan fingerprint density at radius 1 is 1.21 bits per heavy atom. The zero-order valence-electron chi connectivity index (χ0n) is 16.9. The van der Waals surface area contributed by atoms with Crippen LogP contribution in [0.1, 0.15) is 17.5 Å². The highest BCUT2D eigenvalue weighted by Gasteiger charge is 2.36. The number of alkyl halides is 3. The Bertz CT molecular complexity index is 1220. The Labute approximate surface area is 192 Å². The van der Waals surface area contributed by atoms with E-state index >= 15 is 0 Å². The smallest absolute Gasteiger partial charge is 0.331 e. The summed E-state index contributed by atoms with van der Waals surface area (Å²) >= 11 is 1.01. The van der Waals surface area contributed by atoms with E-state index in [2.05, 4.69) is 10.3 Å². The van der Waals surface area contributed by atoms with Gasteiger partial charge in [0.1, 0.15) is 0 Å². The normalized spacial score (nSPS) is 21.4. The molecule has 7 nitrogen and oxygen atoms in total. The number of pyridine rings is 1. The minimum Gasteiger partial charge on any atom is -0.331 e. The van der Waals surface area contributed by atoms with Gasteiger partial charge in [-0.25, -0.2) is 8.42 Å². The summed E-state index contributed by atoms with van der Waals surface area (Å²) < 4.78 is 62.7. The van der Waals surface area contributed by atoms with Crippen LogP contribution in [0.15, 0.2) is 59.1 Å². The molecule has 2 unspecified atom stereocenters. The second-order valence-electron chi connectivity index (χ2n) is 7.61. The van der Waals surface area contributed by atoms with E-state index in [9.17, 15) is 31.2 Å². The zero-order valence-corrected chi connectivity index (χ0v) is 18.6. The van der Waals surface area contributed by atoms with Gasteiger partial charge in [0, 0.05) is 35.7 Å². The van der Waals surface area contributed by atoms with Gasteiger partial charge in [0.05, 0.1) is 28.3 Å². The van der Waals surface area contributed by atoms with Crippen molar-refractivity contribution in [3.63, 3.8) is 0 Å². The topological polar surface area (TPSA) is 96.4 Å². The molecule has 2 amide bonds. The highest BCUT2D eigenvalue weighted by Crippen LogP contribution is 2.41. The lowest BCUT2D eigenvalue weighted by atomic mass is 10.1. The van der Waals surface area contributed by atoms with Crippen molar-refractivity contribution < 1.29 is 31.2 Å². The second kappa shape index (κ2) is 8.82. The highest BCUT2D eigenvalue weighted by molar-refractivity contribution is 8.01. The first kappa shape index (κ1) is 23.3. The molecule has 0 saturated carbocycles. The molecule has 0 bridgehead atoms. The Balaban J connectivity index is 1.53. The molecule has 0 radical (unpaired) electrons. The number of hydrogen-bond acceptors (Lipinski definition) is 6. The van der Waals surface area contributed by atoms with Crippen LogP contribution in [-0.2, 0) is 32.1 Å². The molecule has 2 aromatic rings. The van der Waals surface area contributed by atoms with E-state index in [0.717, 1.165) is 34.9 Å². The third-order valence-electron chi connectivity index (χ3n) is 5.22. The van der Waals surface area contributed by atoms with Crippen LogP contribution in [0.25, 0.3) is 0 Å². The lowest BCUT2D eigenvalue weighted by molar-refractivity contribution is -0.137. The monoisotopic (exact) mass is 497 g/mol. The third kappa shape index (κ3) is 5.38. The minimum atomic E-state index is -4.54. The van der Waals surface area contributed by atoms with Gasteiger partial charge in [-0.2, -0.15) is 13.2 Å². The van der Waals surface area contributed by atoms with Crippen molar-refractivity contribution in [3.05, 3.63) is 65.3 Å². The molecule has 0 saturated heterocycles. The van der Waals surface area contributed by atoms with Gasteiger partial charge < -0.3 is 10.2 Å². The number of anilines is 1. The summed E-state index contributed by atoms with van der Waals surface area (Å²) in [6, 6.07) is 5.76. The van der Waals surface area contributed by atoms with Gasteiger partial charge in [-0.05, 0) is 42.0 Å².